The monoisotopic (exact) mass is 334 g/mol. The Labute approximate surface area is 139 Å². The highest BCUT2D eigenvalue weighted by Crippen LogP contribution is 2.17. The van der Waals surface area contributed by atoms with Crippen molar-refractivity contribution in [1.82, 2.24) is 0 Å². The minimum atomic E-state index is -0.830. The Morgan fingerprint density at radius 3 is 2.54 bits per heavy atom. The Hall–Kier alpha value is -2.47. The average Bonchev–Trinajstić information content (AvgIpc) is 2.57. The molecule has 0 aliphatic rings. The van der Waals surface area contributed by atoms with E-state index in [4.69, 9.17) is 0 Å². The van der Waals surface area contributed by atoms with Crippen LogP contribution in [0.15, 0.2) is 48.5 Å². The molecule has 1 atom stereocenters. The number of hydrogen-bond acceptors (Lipinski definition) is 3. The third kappa shape index (κ3) is 5.03. The second kappa shape index (κ2) is 8.40. The minimum absolute atomic E-state index is 0.0576. The topological polar surface area (TPSA) is 52.6 Å². The van der Waals surface area contributed by atoms with E-state index in [1.54, 1.807) is 4.90 Å². The lowest BCUT2D eigenvalue weighted by Crippen LogP contribution is -2.38. The molecule has 4 nitrogen and oxygen atoms in total. The van der Waals surface area contributed by atoms with Gasteiger partial charge >= 0.3 is 0 Å². The molecule has 1 amide bonds. The van der Waals surface area contributed by atoms with Crippen molar-refractivity contribution < 1.29 is 18.7 Å². The van der Waals surface area contributed by atoms with E-state index in [9.17, 15) is 18.7 Å². The average molecular weight is 334 g/mol. The normalized spacial score (nSPS) is 11.8. The van der Waals surface area contributed by atoms with Crippen LogP contribution >= 0.6 is 0 Å². The third-order valence-corrected chi connectivity index (χ3v) is 3.56. The van der Waals surface area contributed by atoms with Crippen LogP contribution in [-0.2, 0) is 4.79 Å². The zero-order chi connectivity index (χ0) is 17.5. The summed E-state index contributed by atoms with van der Waals surface area (Å²) in [4.78, 5) is 13.9. The Balaban J connectivity index is 2.09. The van der Waals surface area contributed by atoms with Crippen molar-refractivity contribution in [3.8, 4) is 0 Å². The number of nitrogens with zero attached hydrogens (tertiary/aromatic N) is 1. The minimum Gasteiger partial charge on any atom is -0.391 e. The zero-order valence-electron chi connectivity index (χ0n) is 13.4. The van der Waals surface area contributed by atoms with E-state index in [0.29, 0.717) is 12.5 Å². The number of para-hydroxylation sites is 1. The van der Waals surface area contributed by atoms with Crippen molar-refractivity contribution in [2.75, 3.05) is 23.3 Å². The summed E-state index contributed by atoms with van der Waals surface area (Å²) in [6, 6.07) is 12.1. The first-order valence-corrected chi connectivity index (χ1v) is 7.72. The van der Waals surface area contributed by atoms with E-state index in [1.807, 2.05) is 37.3 Å². The third-order valence-electron chi connectivity index (χ3n) is 3.56. The molecule has 2 N–H and O–H groups in total. The van der Waals surface area contributed by atoms with Crippen LogP contribution in [0.2, 0.25) is 0 Å². The van der Waals surface area contributed by atoms with E-state index < -0.39 is 23.6 Å². The number of amides is 1. The molecule has 0 heterocycles. The van der Waals surface area contributed by atoms with E-state index in [0.717, 1.165) is 11.8 Å². The van der Waals surface area contributed by atoms with Crippen molar-refractivity contribution in [3.63, 3.8) is 0 Å². The molecule has 0 aliphatic heterocycles. The van der Waals surface area contributed by atoms with E-state index in [1.165, 1.54) is 6.07 Å². The van der Waals surface area contributed by atoms with E-state index in [2.05, 4.69) is 5.32 Å². The Bertz CT molecular complexity index is 680. The number of rotatable bonds is 7. The van der Waals surface area contributed by atoms with Gasteiger partial charge in [0.15, 0.2) is 0 Å². The van der Waals surface area contributed by atoms with Crippen LogP contribution < -0.4 is 10.2 Å². The molecule has 0 saturated carbocycles. The molecule has 0 spiro atoms. The van der Waals surface area contributed by atoms with Crippen LogP contribution in [0.3, 0.4) is 0 Å². The van der Waals surface area contributed by atoms with Crippen LogP contribution in [0.4, 0.5) is 20.2 Å². The number of nitrogens with one attached hydrogen (secondary N) is 1. The van der Waals surface area contributed by atoms with Crippen LogP contribution in [0.5, 0.6) is 0 Å². The molecule has 0 fully saturated rings. The SMILES string of the molecule is CCC(O)CN(CC(=O)Nc1ccc(F)cc1F)c1ccccc1. The summed E-state index contributed by atoms with van der Waals surface area (Å²) in [5.74, 6) is -1.99. The van der Waals surface area contributed by atoms with Gasteiger partial charge in [0.1, 0.15) is 11.6 Å². The van der Waals surface area contributed by atoms with Gasteiger partial charge in [0.25, 0.3) is 0 Å². The summed E-state index contributed by atoms with van der Waals surface area (Å²) in [6.45, 7) is 2.07. The van der Waals surface area contributed by atoms with Crippen molar-refractivity contribution in [3.05, 3.63) is 60.2 Å². The fourth-order valence-corrected chi connectivity index (χ4v) is 2.24. The lowest BCUT2D eigenvalue weighted by Gasteiger charge is -2.26. The lowest BCUT2D eigenvalue weighted by atomic mass is 10.2. The predicted octanol–water partition coefficient (Wildman–Crippen LogP) is 3.18. The molecule has 2 rings (SSSR count). The summed E-state index contributed by atoms with van der Waals surface area (Å²) < 4.78 is 26.5. The van der Waals surface area contributed by atoms with Gasteiger partial charge in [-0.25, -0.2) is 8.78 Å². The molecule has 128 valence electrons. The van der Waals surface area contributed by atoms with Crippen molar-refractivity contribution in [1.29, 1.82) is 0 Å². The Kier molecular flexibility index (Phi) is 6.26. The molecule has 0 bridgehead atoms. The number of benzene rings is 2. The van der Waals surface area contributed by atoms with Crippen LogP contribution in [0.25, 0.3) is 0 Å². The van der Waals surface area contributed by atoms with Gasteiger partial charge < -0.3 is 15.3 Å². The van der Waals surface area contributed by atoms with Gasteiger partial charge in [-0.3, -0.25) is 4.79 Å². The van der Waals surface area contributed by atoms with Crippen molar-refractivity contribution in [2.24, 2.45) is 0 Å². The molecule has 2 aromatic carbocycles. The van der Waals surface area contributed by atoms with E-state index >= 15 is 0 Å². The maximum atomic E-state index is 13.6. The smallest absolute Gasteiger partial charge is 0.243 e. The molecule has 2 aromatic rings. The summed E-state index contributed by atoms with van der Waals surface area (Å²) >= 11 is 0. The number of aliphatic hydroxyl groups is 1. The number of carbonyl (C=O) groups is 1. The summed E-state index contributed by atoms with van der Waals surface area (Å²) in [5.41, 5.74) is 0.699. The number of hydrogen-bond donors (Lipinski definition) is 2. The van der Waals surface area contributed by atoms with Gasteiger partial charge in [0, 0.05) is 18.3 Å². The van der Waals surface area contributed by atoms with Crippen molar-refractivity contribution in [2.45, 2.75) is 19.4 Å². The quantitative estimate of drug-likeness (QED) is 0.818. The fourth-order valence-electron chi connectivity index (χ4n) is 2.24. The van der Waals surface area contributed by atoms with Gasteiger partial charge in [-0.05, 0) is 30.7 Å². The molecule has 6 heteroatoms. The summed E-state index contributed by atoms with van der Waals surface area (Å²) in [6.07, 6.45) is -0.0297. The van der Waals surface area contributed by atoms with Crippen LogP contribution in [0.1, 0.15) is 13.3 Å². The van der Waals surface area contributed by atoms with E-state index in [-0.39, 0.29) is 18.8 Å². The molecule has 0 aromatic heterocycles. The first-order chi connectivity index (χ1) is 11.5. The van der Waals surface area contributed by atoms with Crippen LogP contribution in [0, 0.1) is 11.6 Å². The summed E-state index contributed by atoms with van der Waals surface area (Å²) in [5, 5.41) is 12.3. The fraction of sp³-hybridized carbons (Fsp3) is 0.278. The highest BCUT2D eigenvalue weighted by molar-refractivity contribution is 5.94. The molecule has 0 radical (unpaired) electrons. The number of halogens is 2. The Morgan fingerprint density at radius 1 is 1.21 bits per heavy atom. The van der Waals surface area contributed by atoms with Gasteiger partial charge in [0.05, 0.1) is 18.3 Å². The lowest BCUT2D eigenvalue weighted by molar-refractivity contribution is -0.115. The van der Waals surface area contributed by atoms with Gasteiger partial charge in [-0.1, -0.05) is 25.1 Å². The maximum absolute atomic E-state index is 13.6. The zero-order valence-corrected chi connectivity index (χ0v) is 13.4. The van der Waals surface area contributed by atoms with Gasteiger partial charge in [-0.2, -0.15) is 0 Å². The van der Waals surface area contributed by atoms with Gasteiger partial charge in [-0.15, -0.1) is 0 Å². The van der Waals surface area contributed by atoms with Gasteiger partial charge in [0.2, 0.25) is 5.91 Å². The second-order valence-electron chi connectivity index (χ2n) is 5.45. The number of carbonyl (C=O) groups excluding carboxylic acids is 1. The highest BCUT2D eigenvalue weighted by atomic mass is 19.1. The standard InChI is InChI=1S/C18H20F2N2O2/c1-2-15(23)11-22(14-6-4-3-5-7-14)12-18(24)21-17-9-8-13(19)10-16(17)20/h3-10,15,23H,2,11-12H2,1H3,(H,21,24). The predicted molar refractivity (Wildman–Crippen MR) is 89.9 cm³/mol. The first-order valence-electron chi connectivity index (χ1n) is 7.72. The molecule has 24 heavy (non-hydrogen) atoms. The number of aliphatic hydroxyl groups excluding tert-OH is 1. The second-order valence-corrected chi connectivity index (χ2v) is 5.45. The summed E-state index contributed by atoms with van der Waals surface area (Å²) in [7, 11) is 0. The first kappa shape index (κ1) is 17.9. The molecular weight excluding hydrogens is 314 g/mol. The Morgan fingerprint density at radius 2 is 1.92 bits per heavy atom. The van der Waals surface area contributed by atoms with Crippen molar-refractivity contribution >= 4 is 17.3 Å². The molecule has 0 saturated heterocycles. The highest BCUT2D eigenvalue weighted by Gasteiger charge is 2.16. The largest absolute Gasteiger partial charge is 0.391 e. The van der Waals surface area contributed by atoms with Crippen LogP contribution in [-0.4, -0.2) is 30.2 Å². The number of anilines is 2. The maximum Gasteiger partial charge on any atom is 0.243 e. The molecular formula is C18H20F2N2O2. The molecule has 0 aliphatic carbocycles. The molecule has 1 unspecified atom stereocenters.